The summed E-state index contributed by atoms with van der Waals surface area (Å²) in [5.41, 5.74) is -1.82. The molecule has 2 amide bonds. The Morgan fingerprint density at radius 3 is 2.41 bits per heavy atom. The minimum absolute atomic E-state index is 0.161. The molecule has 7 heteroatoms. The Hall–Kier alpha value is -2.67. The highest BCUT2D eigenvalue weighted by molar-refractivity contribution is 5.91. The Balaban J connectivity index is 2.22. The van der Waals surface area contributed by atoms with Crippen molar-refractivity contribution >= 4 is 17.8 Å². The van der Waals surface area contributed by atoms with Crippen molar-refractivity contribution in [3.8, 4) is 0 Å². The van der Waals surface area contributed by atoms with E-state index in [1.807, 2.05) is 30.3 Å². The van der Waals surface area contributed by atoms with Crippen molar-refractivity contribution in [2.75, 3.05) is 26.7 Å². The molecule has 0 saturated carbocycles. The second-order valence-electron chi connectivity index (χ2n) is 6.93. The number of likely N-dealkylation sites (tertiary alicyclic amines) is 1. The quantitative estimate of drug-likeness (QED) is 0.567. The summed E-state index contributed by atoms with van der Waals surface area (Å²) in [6, 6.07) is 9.34. The van der Waals surface area contributed by atoms with Crippen molar-refractivity contribution in [1.82, 2.24) is 10.2 Å². The van der Waals surface area contributed by atoms with Gasteiger partial charge in [-0.3, -0.25) is 9.59 Å². The summed E-state index contributed by atoms with van der Waals surface area (Å²) in [6.45, 7) is 5.37. The summed E-state index contributed by atoms with van der Waals surface area (Å²) in [5.74, 6) is -1.27. The molecule has 2 N–H and O–H groups in total. The number of nitrogens with one attached hydrogen (secondary N) is 1. The molecular weight excluding hydrogens is 348 g/mol. The third kappa shape index (κ3) is 4.36. The van der Waals surface area contributed by atoms with Gasteiger partial charge in [-0.15, -0.1) is 0 Å². The average Bonchev–Trinajstić information content (AvgIpc) is 2.71. The molecule has 1 aromatic rings. The lowest BCUT2D eigenvalue weighted by Gasteiger charge is -2.41. The molecule has 1 aliphatic heterocycles. The summed E-state index contributed by atoms with van der Waals surface area (Å²) in [7, 11) is 1.18. The molecule has 0 bridgehead atoms. The SMILES string of the molecule is C=CC(=O)N1CCC(C(=O)NCC(C)(O)C(=O)OC)(c2ccccc2)CC1. The van der Waals surface area contributed by atoms with Gasteiger partial charge < -0.3 is 20.1 Å². The number of piperidine rings is 1. The van der Waals surface area contributed by atoms with Crippen molar-refractivity contribution in [2.45, 2.75) is 30.8 Å². The summed E-state index contributed by atoms with van der Waals surface area (Å²) in [4.78, 5) is 38.3. The predicted octanol–water partition coefficient (Wildman–Crippen LogP) is 0.773. The van der Waals surface area contributed by atoms with E-state index >= 15 is 0 Å². The maximum absolute atomic E-state index is 13.1. The van der Waals surface area contributed by atoms with E-state index in [2.05, 4.69) is 16.6 Å². The van der Waals surface area contributed by atoms with Crippen LogP contribution in [0.3, 0.4) is 0 Å². The zero-order valence-corrected chi connectivity index (χ0v) is 15.7. The molecule has 0 spiro atoms. The first kappa shape index (κ1) is 20.6. The average molecular weight is 374 g/mol. The molecule has 1 fully saturated rings. The molecule has 1 aliphatic rings. The zero-order chi connectivity index (χ0) is 20.1. The van der Waals surface area contributed by atoms with Gasteiger partial charge in [0.25, 0.3) is 0 Å². The van der Waals surface area contributed by atoms with Gasteiger partial charge in [-0.1, -0.05) is 36.9 Å². The molecule has 0 aliphatic carbocycles. The van der Waals surface area contributed by atoms with E-state index < -0.39 is 17.0 Å². The highest BCUT2D eigenvalue weighted by Crippen LogP contribution is 2.36. The molecule has 1 saturated heterocycles. The normalized spacial score (nSPS) is 18.1. The number of hydrogen-bond donors (Lipinski definition) is 2. The minimum Gasteiger partial charge on any atom is -0.467 e. The van der Waals surface area contributed by atoms with Crippen LogP contribution in [0.4, 0.5) is 0 Å². The number of carbonyl (C=O) groups excluding carboxylic acids is 3. The summed E-state index contributed by atoms with van der Waals surface area (Å²) < 4.78 is 4.56. The van der Waals surface area contributed by atoms with E-state index in [9.17, 15) is 19.5 Å². The predicted molar refractivity (Wildman–Crippen MR) is 99.8 cm³/mol. The molecule has 2 rings (SSSR count). The number of aliphatic hydroxyl groups is 1. The van der Waals surface area contributed by atoms with Gasteiger partial charge in [0, 0.05) is 13.1 Å². The van der Waals surface area contributed by atoms with Crippen molar-refractivity contribution in [3.63, 3.8) is 0 Å². The molecule has 1 unspecified atom stereocenters. The molecule has 0 aromatic heterocycles. The van der Waals surface area contributed by atoms with Crippen LogP contribution < -0.4 is 5.32 Å². The number of rotatable bonds is 6. The highest BCUT2D eigenvalue weighted by atomic mass is 16.5. The van der Waals surface area contributed by atoms with Crippen LogP contribution in [0.1, 0.15) is 25.3 Å². The molecule has 1 atom stereocenters. The monoisotopic (exact) mass is 374 g/mol. The van der Waals surface area contributed by atoms with E-state index in [1.54, 1.807) is 4.90 Å². The van der Waals surface area contributed by atoms with Gasteiger partial charge in [0.1, 0.15) is 0 Å². The van der Waals surface area contributed by atoms with Crippen LogP contribution in [-0.2, 0) is 24.5 Å². The number of methoxy groups -OCH3 is 1. The first-order chi connectivity index (χ1) is 12.8. The van der Waals surface area contributed by atoms with Gasteiger partial charge in [0.15, 0.2) is 5.60 Å². The Morgan fingerprint density at radius 2 is 1.89 bits per heavy atom. The number of hydrogen-bond acceptors (Lipinski definition) is 5. The standard InChI is InChI=1S/C20H26N2O5/c1-4-16(23)22-12-10-20(11-13-22,15-8-6-5-7-9-15)17(24)21-14-19(2,26)18(25)27-3/h4-9,26H,1,10-14H2,2-3H3,(H,21,24). The lowest BCUT2D eigenvalue weighted by atomic mass is 9.72. The van der Waals surface area contributed by atoms with Crippen LogP contribution in [0.5, 0.6) is 0 Å². The maximum Gasteiger partial charge on any atom is 0.339 e. The van der Waals surface area contributed by atoms with E-state index in [0.717, 1.165) is 5.56 Å². The Morgan fingerprint density at radius 1 is 1.30 bits per heavy atom. The third-order valence-corrected chi connectivity index (χ3v) is 5.08. The van der Waals surface area contributed by atoms with Gasteiger partial charge in [-0.2, -0.15) is 0 Å². The van der Waals surface area contributed by atoms with Crippen LogP contribution in [0.25, 0.3) is 0 Å². The lowest BCUT2D eigenvalue weighted by Crippen LogP contribution is -2.56. The fraction of sp³-hybridized carbons (Fsp3) is 0.450. The third-order valence-electron chi connectivity index (χ3n) is 5.08. The van der Waals surface area contributed by atoms with E-state index in [1.165, 1.54) is 20.1 Å². The lowest BCUT2D eigenvalue weighted by molar-refractivity contribution is -0.160. The van der Waals surface area contributed by atoms with Gasteiger partial charge in [0.2, 0.25) is 11.8 Å². The summed E-state index contributed by atoms with van der Waals surface area (Å²) in [6.07, 6.45) is 2.13. The van der Waals surface area contributed by atoms with Crippen molar-refractivity contribution in [1.29, 1.82) is 0 Å². The fourth-order valence-corrected chi connectivity index (χ4v) is 3.36. The van der Waals surface area contributed by atoms with Crippen LogP contribution >= 0.6 is 0 Å². The first-order valence-corrected chi connectivity index (χ1v) is 8.83. The Labute approximate surface area is 159 Å². The van der Waals surface area contributed by atoms with Crippen LogP contribution in [-0.4, -0.2) is 60.1 Å². The number of ether oxygens (including phenoxy) is 1. The van der Waals surface area contributed by atoms with E-state index in [0.29, 0.717) is 25.9 Å². The van der Waals surface area contributed by atoms with Crippen molar-refractivity contribution in [2.24, 2.45) is 0 Å². The second-order valence-corrected chi connectivity index (χ2v) is 6.93. The van der Waals surface area contributed by atoms with Gasteiger partial charge in [-0.05, 0) is 31.4 Å². The van der Waals surface area contributed by atoms with Crippen LogP contribution in [0, 0.1) is 0 Å². The largest absolute Gasteiger partial charge is 0.467 e. The smallest absolute Gasteiger partial charge is 0.339 e. The molecular formula is C20H26N2O5. The van der Waals surface area contributed by atoms with Crippen molar-refractivity contribution in [3.05, 3.63) is 48.6 Å². The van der Waals surface area contributed by atoms with Crippen LogP contribution in [0.2, 0.25) is 0 Å². The molecule has 27 heavy (non-hydrogen) atoms. The van der Waals surface area contributed by atoms with E-state index in [4.69, 9.17) is 0 Å². The van der Waals surface area contributed by atoms with Crippen molar-refractivity contribution < 1.29 is 24.2 Å². The van der Waals surface area contributed by atoms with Gasteiger partial charge in [0.05, 0.1) is 19.1 Å². The fourth-order valence-electron chi connectivity index (χ4n) is 3.36. The number of benzene rings is 1. The van der Waals surface area contributed by atoms with Gasteiger partial charge >= 0.3 is 5.97 Å². The summed E-state index contributed by atoms with van der Waals surface area (Å²) in [5, 5.41) is 12.9. The zero-order valence-electron chi connectivity index (χ0n) is 15.7. The highest BCUT2D eigenvalue weighted by Gasteiger charge is 2.44. The number of amides is 2. The Kier molecular flexibility index (Phi) is 6.38. The molecule has 7 nitrogen and oxygen atoms in total. The van der Waals surface area contributed by atoms with Gasteiger partial charge in [-0.25, -0.2) is 4.79 Å². The number of nitrogens with zero attached hydrogens (tertiary/aromatic N) is 1. The molecule has 0 radical (unpaired) electrons. The Bertz CT molecular complexity index is 706. The van der Waals surface area contributed by atoms with Crippen LogP contribution in [0.15, 0.2) is 43.0 Å². The molecule has 1 aromatic carbocycles. The minimum atomic E-state index is -1.82. The first-order valence-electron chi connectivity index (χ1n) is 8.83. The molecule has 146 valence electrons. The summed E-state index contributed by atoms with van der Waals surface area (Å²) >= 11 is 0. The number of carbonyl (C=O) groups is 3. The number of esters is 1. The second kappa shape index (κ2) is 8.35. The molecule has 1 heterocycles. The van der Waals surface area contributed by atoms with E-state index in [-0.39, 0.29) is 18.4 Å². The maximum atomic E-state index is 13.1. The topological polar surface area (TPSA) is 95.9 Å².